The third kappa shape index (κ3) is 7.16. The Labute approximate surface area is 243 Å². The maximum Gasteiger partial charge on any atom is 0.313 e. The molecule has 0 aliphatic heterocycles. The van der Waals surface area contributed by atoms with Crippen LogP contribution in [0.3, 0.4) is 0 Å². The Morgan fingerprint density at radius 2 is 1.88 bits per heavy atom. The SMILES string of the molecule is CCOC(=O)CCc1ccc(C#N)c(OC2C[C@@]2(C(=O)O)C(C)CNC(C)(C)CC2Cc3ccccc3C2)c1.Cl. The van der Waals surface area contributed by atoms with Crippen molar-refractivity contribution in [3.63, 3.8) is 0 Å². The number of esters is 1. The number of nitrogens with one attached hydrogen (secondary N) is 1. The summed E-state index contributed by atoms with van der Waals surface area (Å²) in [6.07, 6.45) is 3.74. The highest BCUT2D eigenvalue weighted by atomic mass is 35.5. The van der Waals surface area contributed by atoms with Gasteiger partial charge in [-0.05, 0) is 93.7 Å². The summed E-state index contributed by atoms with van der Waals surface area (Å²) in [5.41, 5.74) is 2.93. The predicted octanol–water partition coefficient (Wildman–Crippen LogP) is 5.51. The number of halogens is 1. The Balaban J connectivity index is 0.00000441. The zero-order valence-corrected chi connectivity index (χ0v) is 24.7. The van der Waals surface area contributed by atoms with E-state index in [2.05, 4.69) is 49.5 Å². The van der Waals surface area contributed by atoms with Crippen molar-refractivity contribution in [3.8, 4) is 11.8 Å². The highest BCUT2D eigenvalue weighted by molar-refractivity contribution is 5.85. The predicted molar refractivity (Wildman–Crippen MR) is 156 cm³/mol. The number of carboxylic acids is 1. The Morgan fingerprint density at radius 1 is 1.20 bits per heavy atom. The fourth-order valence-electron chi connectivity index (χ4n) is 6.09. The first-order chi connectivity index (χ1) is 18.6. The molecule has 216 valence electrons. The highest BCUT2D eigenvalue weighted by Crippen LogP contribution is 2.54. The minimum absolute atomic E-state index is 0. The second kappa shape index (κ2) is 13.1. The number of aryl methyl sites for hydroxylation is 1. The molecule has 2 aromatic carbocycles. The second-order valence-electron chi connectivity index (χ2n) is 11.8. The van der Waals surface area contributed by atoms with E-state index >= 15 is 0 Å². The summed E-state index contributed by atoms with van der Waals surface area (Å²) in [6, 6.07) is 16.0. The Bertz CT molecular complexity index is 1230. The largest absolute Gasteiger partial charge is 0.488 e. The summed E-state index contributed by atoms with van der Waals surface area (Å²) >= 11 is 0. The van der Waals surface area contributed by atoms with Crippen LogP contribution in [-0.4, -0.2) is 41.8 Å². The molecule has 1 saturated carbocycles. The third-order valence-electron chi connectivity index (χ3n) is 8.40. The number of rotatable bonds is 13. The molecule has 0 spiro atoms. The van der Waals surface area contributed by atoms with Gasteiger partial charge in [0.2, 0.25) is 0 Å². The van der Waals surface area contributed by atoms with Crippen molar-refractivity contribution < 1.29 is 24.2 Å². The average molecular weight is 569 g/mol. The molecule has 3 atom stereocenters. The first-order valence-corrected chi connectivity index (χ1v) is 14.0. The van der Waals surface area contributed by atoms with E-state index in [-0.39, 0.29) is 36.3 Å². The van der Waals surface area contributed by atoms with E-state index in [1.54, 1.807) is 25.1 Å². The molecule has 0 heterocycles. The van der Waals surface area contributed by atoms with Gasteiger partial charge < -0.3 is 19.9 Å². The van der Waals surface area contributed by atoms with E-state index in [1.807, 2.05) is 6.92 Å². The van der Waals surface area contributed by atoms with E-state index < -0.39 is 17.5 Å². The lowest BCUT2D eigenvalue weighted by molar-refractivity contribution is -0.147. The van der Waals surface area contributed by atoms with Crippen LogP contribution >= 0.6 is 12.4 Å². The number of fused-ring (bicyclic) bond motifs is 1. The number of nitrogens with zero attached hydrogens (tertiary/aromatic N) is 1. The summed E-state index contributed by atoms with van der Waals surface area (Å²) in [6.45, 7) is 9.01. The van der Waals surface area contributed by atoms with Crippen LogP contribution < -0.4 is 10.1 Å². The van der Waals surface area contributed by atoms with Gasteiger partial charge in [-0.15, -0.1) is 12.4 Å². The lowest BCUT2D eigenvalue weighted by atomic mass is 9.86. The zero-order valence-electron chi connectivity index (χ0n) is 23.9. The summed E-state index contributed by atoms with van der Waals surface area (Å²) in [5.74, 6) is -0.377. The Hall–Kier alpha value is -3.08. The fraction of sp³-hybridized carbons (Fsp3) is 0.531. The quantitative estimate of drug-likeness (QED) is 0.307. The topological polar surface area (TPSA) is 109 Å². The van der Waals surface area contributed by atoms with E-state index in [9.17, 15) is 20.0 Å². The molecule has 8 heteroatoms. The first kappa shape index (κ1) is 31.4. The van der Waals surface area contributed by atoms with Gasteiger partial charge in [-0.25, -0.2) is 0 Å². The maximum atomic E-state index is 12.5. The molecular formula is C32H41ClN2O5. The summed E-state index contributed by atoms with van der Waals surface area (Å²) in [4.78, 5) is 24.2. The van der Waals surface area contributed by atoms with Crippen molar-refractivity contribution in [1.29, 1.82) is 5.26 Å². The van der Waals surface area contributed by atoms with Gasteiger partial charge in [-0.3, -0.25) is 9.59 Å². The normalized spacial score (nSPS) is 20.5. The lowest BCUT2D eigenvalue weighted by Crippen LogP contribution is -2.46. The lowest BCUT2D eigenvalue weighted by Gasteiger charge is -2.32. The smallest absolute Gasteiger partial charge is 0.313 e. The van der Waals surface area contributed by atoms with Crippen molar-refractivity contribution in [2.45, 2.75) is 77.9 Å². The average Bonchev–Trinajstić information content (AvgIpc) is 3.48. The maximum absolute atomic E-state index is 12.5. The standard InChI is InChI=1S/C32H40N2O5.ClH/c1-5-38-29(35)13-11-22-10-12-26(19-33)27(16-22)39-28-18-32(28,30(36)37)21(2)20-34-31(3,4)17-23-14-24-8-6-7-9-25(24)15-23;/h6-10,12,16,21,23,28,34H,5,11,13-15,17-18,20H2,1-4H3,(H,36,37);1H/t21?,28?,32-;/m1./s1. The van der Waals surface area contributed by atoms with Crippen molar-refractivity contribution in [3.05, 3.63) is 64.7 Å². The van der Waals surface area contributed by atoms with Crippen molar-refractivity contribution in [2.24, 2.45) is 17.3 Å². The van der Waals surface area contributed by atoms with Gasteiger partial charge >= 0.3 is 11.9 Å². The van der Waals surface area contributed by atoms with Gasteiger partial charge in [0.25, 0.3) is 0 Å². The number of carbonyl (C=O) groups is 2. The van der Waals surface area contributed by atoms with Crippen molar-refractivity contribution in [2.75, 3.05) is 13.2 Å². The van der Waals surface area contributed by atoms with E-state index in [0.717, 1.165) is 24.8 Å². The first-order valence-electron chi connectivity index (χ1n) is 14.0. The second-order valence-corrected chi connectivity index (χ2v) is 11.8. The van der Waals surface area contributed by atoms with Gasteiger partial charge in [0.05, 0.1) is 12.2 Å². The zero-order chi connectivity index (χ0) is 28.2. The van der Waals surface area contributed by atoms with Crippen LogP contribution in [0.4, 0.5) is 0 Å². The van der Waals surface area contributed by atoms with Gasteiger partial charge in [0, 0.05) is 18.4 Å². The molecule has 2 unspecified atom stereocenters. The molecule has 2 aliphatic rings. The van der Waals surface area contributed by atoms with Gasteiger partial charge in [-0.1, -0.05) is 37.3 Å². The highest BCUT2D eigenvalue weighted by Gasteiger charge is 2.66. The molecule has 2 aromatic rings. The molecule has 0 saturated heterocycles. The summed E-state index contributed by atoms with van der Waals surface area (Å²) < 4.78 is 11.2. The molecule has 4 rings (SSSR count). The van der Waals surface area contributed by atoms with Gasteiger partial charge in [0.15, 0.2) is 0 Å². The van der Waals surface area contributed by atoms with Crippen molar-refractivity contribution >= 4 is 24.3 Å². The van der Waals surface area contributed by atoms with E-state index in [0.29, 0.717) is 43.2 Å². The Kier molecular flexibility index (Phi) is 10.3. The number of hydrogen-bond donors (Lipinski definition) is 2. The number of carbonyl (C=O) groups excluding carboxylic acids is 1. The molecule has 0 radical (unpaired) electrons. The van der Waals surface area contributed by atoms with Crippen LogP contribution in [0.1, 0.15) is 69.2 Å². The fourth-order valence-corrected chi connectivity index (χ4v) is 6.09. The monoisotopic (exact) mass is 568 g/mol. The van der Waals surface area contributed by atoms with Crippen LogP contribution in [-0.2, 0) is 33.6 Å². The van der Waals surface area contributed by atoms with Gasteiger partial charge in [0.1, 0.15) is 23.3 Å². The molecule has 0 amide bonds. The Morgan fingerprint density at radius 3 is 2.48 bits per heavy atom. The number of nitriles is 1. The van der Waals surface area contributed by atoms with Crippen LogP contribution in [0.2, 0.25) is 0 Å². The number of aliphatic carboxylic acids is 1. The van der Waals surface area contributed by atoms with Crippen LogP contribution in [0, 0.1) is 28.6 Å². The number of benzene rings is 2. The van der Waals surface area contributed by atoms with Crippen LogP contribution in [0.15, 0.2) is 42.5 Å². The summed E-state index contributed by atoms with van der Waals surface area (Å²) in [7, 11) is 0. The number of hydrogen-bond acceptors (Lipinski definition) is 6. The third-order valence-corrected chi connectivity index (χ3v) is 8.40. The van der Waals surface area contributed by atoms with Crippen LogP contribution in [0.25, 0.3) is 0 Å². The van der Waals surface area contributed by atoms with E-state index in [1.165, 1.54) is 11.1 Å². The molecule has 7 nitrogen and oxygen atoms in total. The van der Waals surface area contributed by atoms with Crippen molar-refractivity contribution in [1.82, 2.24) is 5.32 Å². The molecule has 2 N–H and O–H groups in total. The molecule has 2 aliphatic carbocycles. The number of ether oxygens (including phenoxy) is 2. The van der Waals surface area contributed by atoms with Crippen LogP contribution in [0.5, 0.6) is 5.75 Å². The minimum atomic E-state index is -1.01. The summed E-state index contributed by atoms with van der Waals surface area (Å²) in [5, 5.41) is 23.5. The van der Waals surface area contributed by atoms with Gasteiger partial charge in [-0.2, -0.15) is 5.26 Å². The number of carboxylic acid groups (broad SMARTS) is 1. The molecule has 40 heavy (non-hydrogen) atoms. The molecule has 1 fully saturated rings. The molecule has 0 aromatic heterocycles. The molecular weight excluding hydrogens is 528 g/mol. The van der Waals surface area contributed by atoms with E-state index in [4.69, 9.17) is 9.47 Å². The minimum Gasteiger partial charge on any atom is -0.488 e. The molecule has 0 bridgehead atoms.